The summed E-state index contributed by atoms with van der Waals surface area (Å²) in [6.07, 6.45) is 0.882. The minimum Gasteiger partial charge on any atom is -0.494 e. The van der Waals surface area contributed by atoms with E-state index in [9.17, 15) is 9.59 Å². The number of hydrogen-bond donors (Lipinski definition) is 1. The maximum Gasteiger partial charge on any atom is 0.377 e. The van der Waals surface area contributed by atoms with Crippen molar-refractivity contribution in [3.63, 3.8) is 0 Å². The summed E-state index contributed by atoms with van der Waals surface area (Å²) in [6.45, 7) is 0.562. The molecule has 0 aromatic heterocycles. The van der Waals surface area contributed by atoms with Gasteiger partial charge in [-0.05, 0) is 53.6 Å². The van der Waals surface area contributed by atoms with Crippen LogP contribution in [0.2, 0.25) is 0 Å². The minimum absolute atomic E-state index is 0.150. The highest BCUT2D eigenvalue weighted by atomic mass is 32.2. The van der Waals surface area contributed by atoms with E-state index >= 15 is 0 Å². The second-order valence-corrected chi connectivity index (χ2v) is 6.89. The largest absolute Gasteiger partial charge is 0.494 e. The third-order valence-corrected chi connectivity index (χ3v) is 4.94. The molecular formula is C21H18O4S. The molecule has 0 saturated carbocycles. The summed E-state index contributed by atoms with van der Waals surface area (Å²) in [5, 5.41) is 11.2. The van der Waals surface area contributed by atoms with Crippen molar-refractivity contribution in [3.05, 3.63) is 72.3 Å². The molecule has 0 aliphatic heterocycles. The van der Waals surface area contributed by atoms with Crippen LogP contribution in [0.25, 0.3) is 10.8 Å². The van der Waals surface area contributed by atoms with E-state index in [1.54, 1.807) is 23.9 Å². The van der Waals surface area contributed by atoms with Gasteiger partial charge in [-0.25, -0.2) is 4.79 Å². The first-order chi connectivity index (χ1) is 12.6. The van der Waals surface area contributed by atoms with Crippen LogP contribution in [-0.4, -0.2) is 29.2 Å². The van der Waals surface area contributed by atoms with Crippen molar-refractivity contribution in [1.82, 2.24) is 0 Å². The van der Waals surface area contributed by atoms with Gasteiger partial charge in [-0.3, -0.25) is 4.79 Å². The molecule has 132 valence electrons. The zero-order valence-corrected chi connectivity index (χ0v) is 14.9. The summed E-state index contributed by atoms with van der Waals surface area (Å²) in [5.41, 5.74) is 0.150. The van der Waals surface area contributed by atoms with E-state index < -0.39 is 11.8 Å². The van der Waals surface area contributed by atoms with Crippen molar-refractivity contribution < 1.29 is 19.4 Å². The average molecular weight is 366 g/mol. The van der Waals surface area contributed by atoms with E-state index in [-0.39, 0.29) is 5.56 Å². The Balaban J connectivity index is 1.43. The molecule has 3 aromatic carbocycles. The lowest BCUT2D eigenvalue weighted by molar-refractivity contribution is -0.131. The standard InChI is InChI=1S/C21H18O4S/c22-20(21(23)24)16-6-9-18(10-7-16)25-12-3-13-26-19-11-8-15-4-1-2-5-17(15)14-19/h1-2,4-11,14H,3,12-13H2,(H,23,24). The minimum atomic E-state index is -1.45. The lowest BCUT2D eigenvalue weighted by Gasteiger charge is -2.07. The number of fused-ring (bicyclic) bond motifs is 1. The second kappa shape index (κ2) is 8.54. The molecule has 0 heterocycles. The molecule has 0 bridgehead atoms. The maximum absolute atomic E-state index is 11.3. The molecule has 3 rings (SSSR count). The number of carbonyl (C=O) groups excluding carboxylic acids is 1. The van der Waals surface area contributed by atoms with E-state index in [1.165, 1.54) is 27.8 Å². The predicted octanol–water partition coefficient (Wildman–Crippen LogP) is 4.67. The van der Waals surface area contributed by atoms with Gasteiger partial charge in [0.15, 0.2) is 0 Å². The Morgan fingerprint density at radius 1 is 0.923 bits per heavy atom. The molecular weight excluding hydrogens is 348 g/mol. The van der Waals surface area contributed by atoms with Crippen LogP contribution in [0.5, 0.6) is 5.75 Å². The van der Waals surface area contributed by atoms with Gasteiger partial charge >= 0.3 is 5.97 Å². The van der Waals surface area contributed by atoms with Gasteiger partial charge in [0.25, 0.3) is 5.78 Å². The number of ether oxygens (including phenoxy) is 1. The first-order valence-corrected chi connectivity index (χ1v) is 9.24. The molecule has 0 aliphatic rings. The maximum atomic E-state index is 11.3. The van der Waals surface area contributed by atoms with Crippen LogP contribution >= 0.6 is 11.8 Å². The Morgan fingerprint density at radius 3 is 2.38 bits per heavy atom. The van der Waals surface area contributed by atoms with Gasteiger partial charge in [0.2, 0.25) is 0 Å². The van der Waals surface area contributed by atoms with Gasteiger partial charge in [0.05, 0.1) is 6.61 Å². The predicted molar refractivity (Wildman–Crippen MR) is 103 cm³/mol. The zero-order valence-electron chi connectivity index (χ0n) is 14.1. The van der Waals surface area contributed by atoms with Crippen molar-refractivity contribution >= 4 is 34.3 Å². The first kappa shape index (κ1) is 18.0. The molecule has 4 nitrogen and oxygen atoms in total. The lowest BCUT2D eigenvalue weighted by Crippen LogP contribution is -2.12. The summed E-state index contributed by atoms with van der Waals surface area (Å²) in [6, 6.07) is 20.9. The Hall–Kier alpha value is -2.79. The third-order valence-electron chi connectivity index (χ3n) is 3.86. The van der Waals surface area contributed by atoms with Gasteiger partial charge in [-0.1, -0.05) is 30.3 Å². The highest BCUT2D eigenvalue weighted by molar-refractivity contribution is 7.99. The van der Waals surface area contributed by atoms with Crippen LogP contribution in [-0.2, 0) is 4.79 Å². The van der Waals surface area contributed by atoms with Crippen molar-refractivity contribution in [1.29, 1.82) is 0 Å². The molecule has 0 atom stereocenters. The highest BCUT2D eigenvalue weighted by Gasteiger charge is 2.13. The summed E-state index contributed by atoms with van der Waals surface area (Å²) < 4.78 is 5.64. The third kappa shape index (κ3) is 4.64. The number of aliphatic carboxylic acids is 1. The number of benzene rings is 3. The fourth-order valence-electron chi connectivity index (χ4n) is 2.52. The van der Waals surface area contributed by atoms with Crippen LogP contribution < -0.4 is 4.74 Å². The number of ketones is 1. The van der Waals surface area contributed by atoms with E-state index in [0.29, 0.717) is 12.4 Å². The van der Waals surface area contributed by atoms with Crippen molar-refractivity contribution in [2.75, 3.05) is 12.4 Å². The number of hydrogen-bond acceptors (Lipinski definition) is 4. The number of carboxylic acids is 1. The van der Waals surface area contributed by atoms with Gasteiger partial charge in [0.1, 0.15) is 5.75 Å². The Bertz CT molecular complexity index is 919. The zero-order chi connectivity index (χ0) is 18.4. The van der Waals surface area contributed by atoms with Crippen LogP contribution in [0.15, 0.2) is 71.6 Å². The molecule has 0 saturated heterocycles. The fraction of sp³-hybridized carbons (Fsp3) is 0.143. The Labute approximate surface area is 155 Å². The van der Waals surface area contributed by atoms with Crippen molar-refractivity contribution in [3.8, 4) is 5.75 Å². The van der Waals surface area contributed by atoms with Gasteiger partial charge in [0, 0.05) is 16.2 Å². The molecule has 0 aliphatic carbocycles. The summed E-state index contributed by atoms with van der Waals surface area (Å²) in [4.78, 5) is 23.2. The summed E-state index contributed by atoms with van der Waals surface area (Å²) in [5.74, 6) is -0.802. The quantitative estimate of drug-likeness (QED) is 0.272. The Morgan fingerprint density at radius 2 is 1.65 bits per heavy atom. The topological polar surface area (TPSA) is 63.6 Å². The van der Waals surface area contributed by atoms with Crippen molar-refractivity contribution in [2.24, 2.45) is 0 Å². The SMILES string of the molecule is O=C(O)C(=O)c1ccc(OCCCSc2ccc3ccccc3c2)cc1. The van der Waals surface area contributed by atoms with Gasteiger partial charge in [-0.2, -0.15) is 0 Å². The van der Waals surface area contributed by atoms with Gasteiger partial charge < -0.3 is 9.84 Å². The van der Waals surface area contributed by atoms with Crippen LogP contribution in [0.1, 0.15) is 16.8 Å². The van der Waals surface area contributed by atoms with Crippen LogP contribution in [0.3, 0.4) is 0 Å². The lowest BCUT2D eigenvalue weighted by atomic mass is 10.1. The molecule has 5 heteroatoms. The molecule has 1 N–H and O–H groups in total. The molecule has 0 spiro atoms. The van der Waals surface area contributed by atoms with E-state index in [0.717, 1.165) is 12.2 Å². The second-order valence-electron chi connectivity index (χ2n) is 5.72. The summed E-state index contributed by atoms with van der Waals surface area (Å²) >= 11 is 1.79. The molecule has 26 heavy (non-hydrogen) atoms. The first-order valence-electron chi connectivity index (χ1n) is 8.25. The number of carboxylic acid groups (broad SMARTS) is 1. The van der Waals surface area contributed by atoms with Crippen LogP contribution in [0.4, 0.5) is 0 Å². The van der Waals surface area contributed by atoms with Gasteiger partial charge in [-0.15, -0.1) is 11.8 Å². The number of carbonyl (C=O) groups is 2. The normalized spacial score (nSPS) is 10.6. The highest BCUT2D eigenvalue weighted by Crippen LogP contribution is 2.24. The van der Waals surface area contributed by atoms with E-state index in [4.69, 9.17) is 9.84 Å². The number of thioether (sulfide) groups is 1. The molecule has 0 amide bonds. The summed E-state index contributed by atoms with van der Waals surface area (Å²) in [7, 11) is 0. The smallest absolute Gasteiger partial charge is 0.377 e. The monoisotopic (exact) mass is 366 g/mol. The van der Waals surface area contributed by atoms with E-state index in [1.807, 2.05) is 12.1 Å². The Kier molecular flexibility index (Phi) is 5.92. The van der Waals surface area contributed by atoms with E-state index in [2.05, 4.69) is 30.3 Å². The molecule has 0 radical (unpaired) electrons. The molecule has 0 unspecified atom stereocenters. The molecule has 0 fully saturated rings. The average Bonchev–Trinajstić information content (AvgIpc) is 2.67. The number of Topliss-reactive ketones (excluding diaryl/α,β-unsaturated/α-hetero) is 1. The van der Waals surface area contributed by atoms with Crippen molar-refractivity contribution in [2.45, 2.75) is 11.3 Å². The number of rotatable bonds is 8. The molecule has 3 aromatic rings. The fourth-order valence-corrected chi connectivity index (χ4v) is 3.39. The van der Waals surface area contributed by atoms with Crippen LogP contribution in [0, 0.1) is 0 Å².